The first-order chi connectivity index (χ1) is 9.83. The van der Waals surface area contributed by atoms with Crippen LogP contribution in [0.3, 0.4) is 0 Å². The highest BCUT2D eigenvalue weighted by molar-refractivity contribution is 5.40. The lowest BCUT2D eigenvalue weighted by atomic mass is 9.86. The van der Waals surface area contributed by atoms with Crippen molar-refractivity contribution in [1.29, 1.82) is 5.26 Å². The average molecular weight is 268 g/mol. The van der Waals surface area contributed by atoms with Crippen molar-refractivity contribution < 1.29 is 4.74 Å². The number of hydrogen-bond acceptors (Lipinski definition) is 3. The summed E-state index contributed by atoms with van der Waals surface area (Å²) in [4.78, 5) is 2.69. The van der Waals surface area contributed by atoms with Crippen LogP contribution in [0.15, 0.2) is 18.2 Å². The number of rotatable bonds is 1. The van der Waals surface area contributed by atoms with Gasteiger partial charge in [-0.15, -0.1) is 0 Å². The summed E-state index contributed by atoms with van der Waals surface area (Å²) < 4.78 is 5.57. The van der Waals surface area contributed by atoms with Crippen LogP contribution in [0.5, 0.6) is 0 Å². The molecule has 0 radical (unpaired) electrons. The van der Waals surface area contributed by atoms with Crippen LogP contribution in [-0.2, 0) is 17.6 Å². The average Bonchev–Trinajstić information content (AvgIpc) is 3.07. The lowest BCUT2D eigenvalue weighted by Crippen LogP contribution is -2.38. The summed E-state index contributed by atoms with van der Waals surface area (Å²) in [6.45, 7) is 4.38. The van der Waals surface area contributed by atoms with Crippen molar-refractivity contribution in [3.63, 3.8) is 0 Å². The monoisotopic (exact) mass is 268 g/mol. The fourth-order valence-corrected chi connectivity index (χ4v) is 4.14. The van der Waals surface area contributed by atoms with E-state index < -0.39 is 0 Å². The summed E-state index contributed by atoms with van der Waals surface area (Å²) in [5.74, 6) is 1.55. The summed E-state index contributed by atoms with van der Waals surface area (Å²) in [6, 6.07) is 9.16. The van der Waals surface area contributed by atoms with E-state index in [4.69, 9.17) is 10.00 Å². The molecule has 1 aromatic carbocycles. The zero-order valence-electron chi connectivity index (χ0n) is 11.7. The van der Waals surface area contributed by atoms with Gasteiger partial charge in [0.2, 0.25) is 0 Å². The SMILES string of the molecule is N#Cc1ccc2c(c1)CCC(N1CC3COCC3C1)C2. The number of nitrogens with zero attached hydrogens (tertiary/aromatic N) is 2. The van der Waals surface area contributed by atoms with Gasteiger partial charge in [-0.2, -0.15) is 5.26 Å². The van der Waals surface area contributed by atoms with Gasteiger partial charge in [-0.3, -0.25) is 4.90 Å². The number of benzene rings is 1. The van der Waals surface area contributed by atoms with Crippen LogP contribution in [-0.4, -0.2) is 37.2 Å². The smallest absolute Gasteiger partial charge is 0.0991 e. The molecule has 3 nitrogen and oxygen atoms in total. The summed E-state index contributed by atoms with van der Waals surface area (Å²) >= 11 is 0. The van der Waals surface area contributed by atoms with Gasteiger partial charge in [0, 0.05) is 31.0 Å². The van der Waals surface area contributed by atoms with Gasteiger partial charge in [0.25, 0.3) is 0 Å². The molecule has 2 saturated heterocycles. The van der Waals surface area contributed by atoms with Gasteiger partial charge < -0.3 is 4.74 Å². The Labute approximate surface area is 120 Å². The van der Waals surface area contributed by atoms with E-state index in [0.29, 0.717) is 6.04 Å². The van der Waals surface area contributed by atoms with E-state index in [0.717, 1.165) is 43.5 Å². The van der Waals surface area contributed by atoms with E-state index in [1.165, 1.54) is 30.6 Å². The highest BCUT2D eigenvalue weighted by Crippen LogP contribution is 2.34. The van der Waals surface area contributed by atoms with E-state index in [1.54, 1.807) is 0 Å². The van der Waals surface area contributed by atoms with Crippen molar-refractivity contribution in [2.75, 3.05) is 26.3 Å². The molecule has 2 heterocycles. The molecule has 104 valence electrons. The van der Waals surface area contributed by atoms with Gasteiger partial charge in [0.05, 0.1) is 24.8 Å². The van der Waals surface area contributed by atoms with Crippen molar-refractivity contribution in [2.45, 2.75) is 25.3 Å². The third-order valence-electron chi connectivity index (χ3n) is 5.32. The second-order valence-corrected chi connectivity index (χ2v) is 6.50. The number of ether oxygens (including phenoxy) is 1. The van der Waals surface area contributed by atoms with Crippen LogP contribution in [0.2, 0.25) is 0 Å². The van der Waals surface area contributed by atoms with E-state index in [2.05, 4.69) is 23.1 Å². The Balaban J connectivity index is 1.49. The Hall–Kier alpha value is -1.37. The molecule has 0 spiro atoms. The Bertz CT molecular complexity index is 551. The van der Waals surface area contributed by atoms with Crippen molar-refractivity contribution in [2.24, 2.45) is 11.8 Å². The van der Waals surface area contributed by atoms with Crippen LogP contribution < -0.4 is 0 Å². The summed E-state index contributed by atoms with van der Waals surface area (Å²) in [6.07, 6.45) is 3.52. The Kier molecular flexibility index (Phi) is 3.02. The predicted molar refractivity (Wildman–Crippen MR) is 76.3 cm³/mol. The fraction of sp³-hybridized carbons (Fsp3) is 0.588. The summed E-state index contributed by atoms with van der Waals surface area (Å²) in [7, 11) is 0. The Morgan fingerprint density at radius 3 is 2.70 bits per heavy atom. The van der Waals surface area contributed by atoms with Gasteiger partial charge in [0.1, 0.15) is 0 Å². The van der Waals surface area contributed by atoms with Gasteiger partial charge >= 0.3 is 0 Å². The molecular weight excluding hydrogens is 248 g/mol. The molecule has 3 atom stereocenters. The first-order valence-electron chi connectivity index (χ1n) is 7.67. The number of nitriles is 1. The zero-order valence-corrected chi connectivity index (χ0v) is 11.7. The molecule has 1 aliphatic carbocycles. The van der Waals surface area contributed by atoms with Crippen LogP contribution in [0.1, 0.15) is 23.1 Å². The number of aryl methyl sites for hydroxylation is 1. The highest BCUT2D eigenvalue weighted by atomic mass is 16.5. The molecule has 0 amide bonds. The van der Waals surface area contributed by atoms with Crippen molar-refractivity contribution in [1.82, 2.24) is 4.90 Å². The van der Waals surface area contributed by atoms with E-state index in [9.17, 15) is 0 Å². The van der Waals surface area contributed by atoms with Crippen molar-refractivity contribution in [3.05, 3.63) is 34.9 Å². The molecule has 0 N–H and O–H groups in total. The quantitative estimate of drug-likeness (QED) is 0.781. The second kappa shape index (κ2) is 4.87. The minimum absolute atomic E-state index is 0.695. The predicted octanol–water partition coefficient (Wildman–Crippen LogP) is 1.99. The lowest BCUT2D eigenvalue weighted by Gasteiger charge is -2.33. The van der Waals surface area contributed by atoms with Crippen molar-refractivity contribution in [3.8, 4) is 6.07 Å². The highest BCUT2D eigenvalue weighted by Gasteiger charge is 2.40. The van der Waals surface area contributed by atoms with Crippen LogP contribution >= 0.6 is 0 Å². The molecule has 1 aromatic rings. The van der Waals surface area contributed by atoms with E-state index in [-0.39, 0.29) is 0 Å². The molecule has 20 heavy (non-hydrogen) atoms. The second-order valence-electron chi connectivity index (χ2n) is 6.50. The van der Waals surface area contributed by atoms with E-state index in [1.807, 2.05) is 6.07 Å². The molecule has 4 rings (SSSR count). The lowest BCUT2D eigenvalue weighted by molar-refractivity contribution is 0.134. The first-order valence-corrected chi connectivity index (χ1v) is 7.67. The van der Waals surface area contributed by atoms with Crippen LogP contribution in [0.4, 0.5) is 0 Å². The molecule has 3 aliphatic rings. The minimum atomic E-state index is 0.695. The summed E-state index contributed by atoms with van der Waals surface area (Å²) in [5.41, 5.74) is 3.65. The van der Waals surface area contributed by atoms with Gasteiger partial charge in [-0.1, -0.05) is 6.07 Å². The maximum Gasteiger partial charge on any atom is 0.0991 e. The third kappa shape index (κ3) is 2.04. The van der Waals surface area contributed by atoms with Gasteiger partial charge in [-0.05, 0) is 42.5 Å². The van der Waals surface area contributed by atoms with Gasteiger partial charge in [0.15, 0.2) is 0 Å². The zero-order chi connectivity index (χ0) is 13.5. The topological polar surface area (TPSA) is 36.3 Å². The Morgan fingerprint density at radius 2 is 1.95 bits per heavy atom. The van der Waals surface area contributed by atoms with Crippen LogP contribution in [0.25, 0.3) is 0 Å². The molecule has 0 bridgehead atoms. The molecule has 0 saturated carbocycles. The number of fused-ring (bicyclic) bond motifs is 2. The summed E-state index contributed by atoms with van der Waals surface area (Å²) in [5, 5.41) is 8.99. The van der Waals surface area contributed by atoms with Crippen LogP contribution in [0, 0.1) is 23.2 Å². The Morgan fingerprint density at radius 1 is 1.15 bits per heavy atom. The standard InChI is InChI=1S/C17H20N2O/c18-7-12-1-2-14-6-17(4-3-13(14)5-12)19-8-15-10-20-11-16(15)9-19/h1-2,5,15-17H,3-4,6,8-11H2. The normalized spacial score (nSPS) is 32.6. The maximum atomic E-state index is 8.99. The van der Waals surface area contributed by atoms with Gasteiger partial charge in [-0.25, -0.2) is 0 Å². The molecule has 2 fully saturated rings. The molecule has 3 heteroatoms. The van der Waals surface area contributed by atoms with E-state index >= 15 is 0 Å². The first kappa shape index (κ1) is 12.4. The van der Waals surface area contributed by atoms with Crippen molar-refractivity contribution >= 4 is 0 Å². The molecule has 0 aromatic heterocycles. The number of hydrogen-bond donors (Lipinski definition) is 0. The minimum Gasteiger partial charge on any atom is -0.381 e. The molecular formula is C17H20N2O. The maximum absolute atomic E-state index is 8.99. The largest absolute Gasteiger partial charge is 0.381 e. The molecule has 3 unspecified atom stereocenters. The third-order valence-corrected chi connectivity index (χ3v) is 5.32. The molecule has 2 aliphatic heterocycles. The fourth-order valence-electron chi connectivity index (χ4n) is 4.14. The number of likely N-dealkylation sites (tertiary alicyclic amines) is 1.